The van der Waals surface area contributed by atoms with E-state index in [0.29, 0.717) is 6.42 Å². The zero-order valence-electron chi connectivity index (χ0n) is 12.0. The van der Waals surface area contributed by atoms with Gasteiger partial charge in [0, 0.05) is 5.97 Å². The summed E-state index contributed by atoms with van der Waals surface area (Å²) >= 11 is 0. The number of carboxylic acids is 2. The second kappa shape index (κ2) is 13.6. The number of aliphatic carboxylic acids is 2. The first kappa shape index (κ1) is 22.0. The van der Waals surface area contributed by atoms with Gasteiger partial charge in [-0.1, -0.05) is 32.6 Å². The standard InChI is InChI=1S/C13H23NO5.Ca/c1-2-3-4-5-6-7-11(15)14-10(13(18)19)8-9-12(16)17;/h10H,2-9H2,1H3,(H,14,15)(H,16,17)(H,18,19);/q;+2/p-2/t10-;/m0./s1. The summed E-state index contributed by atoms with van der Waals surface area (Å²) < 4.78 is 0. The van der Waals surface area contributed by atoms with Crippen LogP contribution in [0, 0.1) is 0 Å². The van der Waals surface area contributed by atoms with Crippen molar-refractivity contribution < 1.29 is 24.9 Å². The van der Waals surface area contributed by atoms with Crippen LogP contribution < -0.4 is 10.2 Å². The quantitative estimate of drug-likeness (QED) is 0.244. The molecule has 0 bridgehead atoms. The minimum Gasteiger partial charge on any atom is -0.862 e. The minimum absolute atomic E-state index is 0. The van der Waals surface area contributed by atoms with Gasteiger partial charge in [-0.15, -0.1) is 0 Å². The Morgan fingerprint density at radius 1 is 1.10 bits per heavy atom. The molecular formula is C13H21CaNO5. The van der Waals surface area contributed by atoms with Gasteiger partial charge < -0.3 is 20.1 Å². The molecule has 0 amide bonds. The predicted molar refractivity (Wildman–Crippen MR) is 72.2 cm³/mol. The van der Waals surface area contributed by atoms with Crippen LogP contribution in [0.15, 0.2) is 4.99 Å². The average Bonchev–Trinajstić information content (AvgIpc) is 2.33. The number of carboxylic acid groups (broad SMARTS) is 2. The molecule has 0 saturated carbocycles. The van der Waals surface area contributed by atoms with Crippen LogP contribution in [-0.4, -0.2) is 66.7 Å². The zero-order valence-corrected chi connectivity index (χ0v) is 14.2. The molecule has 0 aromatic rings. The molecule has 110 valence electrons. The van der Waals surface area contributed by atoms with Gasteiger partial charge in [0.15, 0.2) is 0 Å². The first-order valence-corrected chi connectivity index (χ1v) is 6.63. The Kier molecular flexibility index (Phi) is 15.0. The van der Waals surface area contributed by atoms with E-state index in [1.54, 1.807) is 0 Å². The van der Waals surface area contributed by atoms with E-state index in [0.717, 1.165) is 25.7 Å². The first-order valence-electron chi connectivity index (χ1n) is 6.63. The topological polar surface area (TPSA) is 113 Å². The molecule has 0 aliphatic rings. The van der Waals surface area contributed by atoms with Crippen LogP contribution in [-0.2, 0) is 9.59 Å². The van der Waals surface area contributed by atoms with Crippen molar-refractivity contribution in [3.8, 4) is 0 Å². The molecule has 0 aromatic heterocycles. The maximum atomic E-state index is 11.4. The van der Waals surface area contributed by atoms with E-state index in [9.17, 15) is 19.8 Å². The Balaban J connectivity index is 0. The van der Waals surface area contributed by atoms with E-state index in [4.69, 9.17) is 5.11 Å². The second-order valence-corrected chi connectivity index (χ2v) is 4.45. The maximum absolute atomic E-state index is 11.4. The largest absolute Gasteiger partial charge is 2.00 e. The van der Waals surface area contributed by atoms with Crippen LogP contribution in [0.3, 0.4) is 0 Å². The number of hydrogen-bond donors (Lipinski definition) is 1. The molecule has 6 nitrogen and oxygen atoms in total. The third-order valence-corrected chi connectivity index (χ3v) is 2.70. The second-order valence-electron chi connectivity index (χ2n) is 4.45. The molecule has 0 heterocycles. The monoisotopic (exact) mass is 311 g/mol. The summed E-state index contributed by atoms with van der Waals surface area (Å²) in [6.45, 7) is 2.09. The summed E-state index contributed by atoms with van der Waals surface area (Å²) in [7, 11) is 0. The number of carbonyl (C=O) groups excluding carboxylic acids is 1. The van der Waals surface area contributed by atoms with E-state index in [-0.39, 0.29) is 50.6 Å². The molecular weight excluding hydrogens is 290 g/mol. The van der Waals surface area contributed by atoms with Crippen molar-refractivity contribution in [3.05, 3.63) is 0 Å². The van der Waals surface area contributed by atoms with Gasteiger partial charge in [-0.3, -0.25) is 4.99 Å². The summed E-state index contributed by atoms with van der Waals surface area (Å²) in [5.41, 5.74) is 0. The molecule has 0 spiro atoms. The number of unbranched alkanes of at least 4 members (excludes halogenated alkanes) is 4. The Morgan fingerprint density at radius 3 is 2.20 bits per heavy atom. The molecule has 1 atom stereocenters. The minimum atomic E-state index is -1.34. The van der Waals surface area contributed by atoms with Gasteiger partial charge in [0.1, 0.15) is 6.04 Å². The summed E-state index contributed by atoms with van der Waals surface area (Å²) in [6, 6.07) is -1.28. The van der Waals surface area contributed by atoms with Gasteiger partial charge in [0.25, 0.3) is 0 Å². The first-order chi connectivity index (χ1) is 8.97. The summed E-state index contributed by atoms with van der Waals surface area (Å²) in [5, 5.41) is 30.5. The molecule has 0 aromatic carbocycles. The van der Waals surface area contributed by atoms with Gasteiger partial charge in [0.05, 0.1) is 0 Å². The van der Waals surface area contributed by atoms with Crippen molar-refractivity contribution in [1.29, 1.82) is 0 Å². The molecule has 0 saturated heterocycles. The Hall–Kier alpha value is -0.330. The van der Waals surface area contributed by atoms with Crippen LogP contribution in [0.2, 0.25) is 0 Å². The van der Waals surface area contributed by atoms with Crippen molar-refractivity contribution in [2.75, 3.05) is 0 Å². The van der Waals surface area contributed by atoms with Crippen LogP contribution in [0.4, 0.5) is 0 Å². The fourth-order valence-electron chi connectivity index (χ4n) is 1.62. The van der Waals surface area contributed by atoms with E-state index >= 15 is 0 Å². The van der Waals surface area contributed by atoms with E-state index in [1.807, 2.05) is 0 Å². The number of nitrogens with zero attached hydrogens (tertiary/aromatic N) is 1. The van der Waals surface area contributed by atoms with Crippen LogP contribution >= 0.6 is 0 Å². The van der Waals surface area contributed by atoms with Crippen molar-refractivity contribution in [2.24, 2.45) is 4.99 Å². The summed E-state index contributed by atoms with van der Waals surface area (Å²) in [4.78, 5) is 24.6. The molecule has 7 heteroatoms. The molecule has 0 aliphatic carbocycles. The molecule has 1 N–H and O–H groups in total. The van der Waals surface area contributed by atoms with Gasteiger partial charge in [-0.25, -0.2) is 4.79 Å². The normalized spacial score (nSPS) is 12.6. The number of hydrogen-bond acceptors (Lipinski definition) is 5. The van der Waals surface area contributed by atoms with Gasteiger partial charge in [-0.2, -0.15) is 0 Å². The maximum Gasteiger partial charge on any atom is 2.00 e. The summed E-state index contributed by atoms with van der Waals surface area (Å²) in [6.07, 6.45) is 4.50. The molecule has 20 heavy (non-hydrogen) atoms. The fourth-order valence-corrected chi connectivity index (χ4v) is 1.62. The number of carbonyl (C=O) groups is 2. The molecule has 0 fully saturated rings. The number of rotatable bonds is 11. The fraction of sp³-hybridized carbons (Fsp3) is 0.769. The van der Waals surface area contributed by atoms with Crippen molar-refractivity contribution in [1.82, 2.24) is 0 Å². The zero-order chi connectivity index (χ0) is 14.7. The molecule has 0 radical (unpaired) electrons. The van der Waals surface area contributed by atoms with E-state index < -0.39 is 30.3 Å². The van der Waals surface area contributed by atoms with E-state index in [1.165, 1.54) is 0 Å². The Labute approximate surface area is 149 Å². The third kappa shape index (κ3) is 12.7. The molecule has 0 unspecified atom stereocenters. The van der Waals surface area contributed by atoms with Crippen molar-refractivity contribution in [2.45, 2.75) is 64.3 Å². The van der Waals surface area contributed by atoms with Crippen molar-refractivity contribution in [3.63, 3.8) is 0 Å². The third-order valence-electron chi connectivity index (χ3n) is 2.70. The van der Waals surface area contributed by atoms with Crippen LogP contribution in [0.25, 0.3) is 0 Å². The summed E-state index contributed by atoms with van der Waals surface area (Å²) in [5.74, 6) is -3.09. The Morgan fingerprint density at radius 2 is 1.70 bits per heavy atom. The molecule has 0 rings (SSSR count). The predicted octanol–water partition coefficient (Wildman–Crippen LogP) is -0.292. The van der Waals surface area contributed by atoms with Crippen LogP contribution in [0.5, 0.6) is 0 Å². The number of aliphatic imine (C=N–C) groups is 1. The van der Waals surface area contributed by atoms with Gasteiger partial charge in [-0.05, 0) is 31.6 Å². The van der Waals surface area contributed by atoms with Crippen molar-refractivity contribution >= 4 is 55.6 Å². The average molecular weight is 311 g/mol. The SMILES string of the molecule is CCCCCCCC([O-])=N[C@@H](CCC(=O)[O-])C(=O)O.[Ca+2]. The van der Waals surface area contributed by atoms with Gasteiger partial charge in [0.2, 0.25) is 0 Å². The van der Waals surface area contributed by atoms with Crippen LogP contribution in [0.1, 0.15) is 58.3 Å². The smallest absolute Gasteiger partial charge is 0.862 e. The van der Waals surface area contributed by atoms with E-state index in [2.05, 4.69) is 11.9 Å². The Bertz CT molecular complexity index is 320. The van der Waals surface area contributed by atoms with Gasteiger partial charge >= 0.3 is 43.7 Å². The molecule has 0 aliphatic heterocycles.